The van der Waals surface area contributed by atoms with Gasteiger partial charge in [-0.05, 0) is 11.8 Å². The van der Waals surface area contributed by atoms with E-state index >= 15 is 0 Å². The predicted octanol–water partition coefficient (Wildman–Crippen LogP) is 2.19. The Bertz CT molecular complexity index is 143. The van der Waals surface area contributed by atoms with Crippen molar-refractivity contribution in [2.45, 2.75) is 46.6 Å². The molecule has 1 unspecified atom stereocenters. The second-order valence-corrected chi connectivity index (χ2v) is 4.93. The van der Waals surface area contributed by atoms with Crippen LogP contribution in [-0.4, -0.2) is 32.5 Å². The summed E-state index contributed by atoms with van der Waals surface area (Å²) in [6, 6.07) is 0. The first-order chi connectivity index (χ1) is 7.02. The number of hydrogen-bond acceptors (Lipinski definition) is 3. The zero-order chi connectivity index (χ0) is 11.7. The van der Waals surface area contributed by atoms with Crippen molar-refractivity contribution in [3.63, 3.8) is 0 Å². The second kappa shape index (κ2) is 8.08. The highest BCUT2D eigenvalue weighted by Crippen LogP contribution is 2.21. The molecule has 0 spiro atoms. The van der Waals surface area contributed by atoms with Gasteiger partial charge in [-0.2, -0.15) is 0 Å². The Kier molecular flexibility index (Phi) is 8.02. The maximum atomic E-state index is 5.69. The van der Waals surface area contributed by atoms with Gasteiger partial charge in [0.05, 0.1) is 19.3 Å². The summed E-state index contributed by atoms with van der Waals surface area (Å²) >= 11 is 0. The number of nitrogens with two attached hydrogens (primary N) is 1. The minimum Gasteiger partial charge on any atom is -0.379 e. The zero-order valence-corrected chi connectivity index (χ0v) is 10.7. The quantitative estimate of drug-likeness (QED) is 0.634. The SMILES string of the molecule is CCCCOCCOC(CN)C(C)(C)C. The first-order valence-corrected chi connectivity index (χ1v) is 5.91. The number of ether oxygens (including phenoxy) is 2. The topological polar surface area (TPSA) is 44.5 Å². The molecule has 3 nitrogen and oxygen atoms in total. The maximum absolute atomic E-state index is 5.69. The molecule has 3 heteroatoms. The molecule has 0 aromatic heterocycles. The van der Waals surface area contributed by atoms with Crippen molar-refractivity contribution < 1.29 is 9.47 Å². The maximum Gasteiger partial charge on any atom is 0.0746 e. The van der Waals surface area contributed by atoms with Gasteiger partial charge in [-0.1, -0.05) is 34.1 Å². The summed E-state index contributed by atoms with van der Waals surface area (Å²) in [4.78, 5) is 0. The van der Waals surface area contributed by atoms with E-state index in [4.69, 9.17) is 15.2 Å². The van der Waals surface area contributed by atoms with Crippen molar-refractivity contribution in [2.24, 2.45) is 11.1 Å². The van der Waals surface area contributed by atoms with E-state index < -0.39 is 0 Å². The molecular weight excluding hydrogens is 190 g/mol. The fourth-order valence-corrected chi connectivity index (χ4v) is 1.27. The molecule has 0 radical (unpaired) electrons. The Morgan fingerprint density at radius 1 is 1.13 bits per heavy atom. The zero-order valence-electron chi connectivity index (χ0n) is 10.7. The average Bonchev–Trinajstić information content (AvgIpc) is 2.15. The van der Waals surface area contributed by atoms with Crippen molar-refractivity contribution in [1.82, 2.24) is 0 Å². The van der Waals surface area contributed by atoms with Crippen molar-refractivity contribution in [3.05, 3.63) is 0 Å². The van der Waals surface area contributed by atoms with Crippen LogP contribution in [0.3, 0.4) is 0 Å². The van der Waals surface area contributed by atoms with E-state index in [0.29, 0.717) is 19.8 Å². The third-order valence-corrected chi connectivity index (χ3v) is 2.37. The normalized spacial score (nSPS) is 14.2. The standard InChI is InChI=1S/C12H27NO2/c1-5-6-7-14-8-9-15-11(10-13)12(2,3)4/h11H,5-10,13H2,1-4H3. The van der Waals surface area contributed by atoms with Crippen LogP contribution < -0.4 is 5.73 Å². The summed E-state index contributed by atoms with van der Waals surface area (Å²) in [6.45, 7) is 11.3. The lowest BCUT2D eigenvalue weighted by atomic mass is 9.89. The summed E-state index contributed by atoms with van der Waals surface area (Å²) in [7, 11) is 0. The van der Waals surface area contributed by atoms with Gasteiger partial charge in [0.15, 0.2) is 0 Å². The molecule has 0 fully saturated rings. The van der Waals surface area contributed by atoms with E-state index in [2.05, 4.69) is 27.7 Å². The van der Waals surface area contributed by atoms with E-state index in [1.54, 1.807) is 0 Å². The van der Waals surface area contributed by atoms with Gasteiger partial charge < -0.3 is 15.2 Å². The molecule has 0 amide bonds. The molecule has 92 valence electrons. The highest BCUT2D eigenvalue weighted by molar-refractivity contribution is 4.74. The first-order valence-electron chi connectivity index (χ1n) is 5.91. The van der Waals surface area contributed by atoms with Gasteiger partial charge in [-0.3, -0.25) is 0 Å². The minimum absolute atomic E-state index is 0.109. The van der Waals surface area contributed by atoms with Crippen LogP contribution in [0.5, 0.6) is 0 Å². The van der Waals surface area contributed by atoms with E-state index in [9.17, 15) is 0 Å². The number of unbranched alkanes of at least 4 members (excludes halogenated alkanes) is 1. The lowest BCUT2D eigenvalue weighted by molar-refractivity contribution is -0.0382. The van der Waals surface area contributed by atoms with Crippen molar-refractivity contribution in [2.75, 3.05) is 26.4 Å². The molecule has 0 aromatic carbocycles. The van der Waals surface area contributed by atoms with Crippen molar-refractivity contribution in [3.8, 4) is 0 Å². The van der Waals surface area contributed by atoms with Crippen LogP contribution in [0.15, 0.2) is 0 Å². The second-order valence-electron chi connectivity index (χ2n) is 4.93. The van der Waals surface area contributed by atoms with E-state index in [-0.39, 0.29) is 11.5 Å². The van der Waals surface area contributed by atoms with Crippen molar-refractivity contribution in [1.29, 1.82) is 0 Å². The molecule has 0 rings (SSSR count). The lowest BCUT2D eigenvalue weighted by Crippen LogP contribution is -2.37. The molecule has 0 aromatic rings. The van der Waals surface area contributed by atoms with Gasteiger partial charge in [0.1, 0.15) is 0 Å². The molecule has 0 bridgehead atoms. The van der Waals surface area contributed by atoms with Gasteiger partial charge in [-0.25, -0.2) is 0 Å². The molecule has 0 heterocycles. The van der Waals surface area contributed by atoms with Gasteiger partial charge in [0, 0.05) is 13.2 Å². The molecule has 2 N–H and O–H groups in total. The summed E-state index contributed by atoms with van der Waals surface area (Å²) in [5.41, 5.74) is 5.76. The lowest BCUT2D eigenvalue weighted by Gasteiger charge is -2.29. The number of hydrogen-bond donors (Lipinski definition) is 1. The molecule has 0 saturated carbocycles. The molecule has 0 aliphatic heterocycles. The fourth-order valence-electron chi connectivity index (χ4n) is 1.27. The summed E-state index contributed by atoms with van der Waals surface area (Å²) in [5, 5.41) is 0. The van der Waals surface area contributed by atoms with Crippen molar-refractivity contribution >= 4 is 0 Å². The first kappa shape index (κ1) is 14.9. The van der Waals surface area contributed by atoms with Gasteiger partial charge in [-0.15, -0.1) is 0 Å². The van der Waals surface area contributed by atoms with Gasteiger partial charge in [0.25, 0.3) is 0 Å². The smallest absolute Gasteiger partial charge is 0.0746 e. The van der Waals surface area contributed by atoms with Crippen LogP contribution >= 0.6 is 0 Å². The molecule has 0 aliphatic carbocycles. The largest absolute Gasteiger partial charge is 0.379 e. The van der Waals surface area contributed by atoms with Gasteiger partial charge >= 0.3 is 0 Å². The fraction of sp³-hybridized carbons (Fsp3) is 1.00. The predicted molar refractivity (Wildman–Crippen MR) is 64.0 cm³/mol. The van der Waals surface area contributed by atoms with Crippen LogP contribution in [0.4, 0.5) is 0 Å². The van der Waals surface area contributed by atoms with Crippen LogP contribution in [0.2, 0.25) is 0 Å². The Morgan fingerprint density at radius 2 is 1.80 bits per heavy atom. The Morgan fingerprint density at radius 3 is 2.27 bits per heavy atom. The van der Waals surface area contributed by atoms with Crippen LogP contribution in [0, 0.1) is 5.41 Å². The summed E-state index contributed by atoms with van der Waals surface area (Å²) in [5.74, 6) is 0. The monoisotopic (exact) mass is 217 g/mol. The van der Waals surface area contributed by atoms with E-state index in [0.717, 1.165) is 13.0 Å². The highest BCUT2D eigenvalue weighted by Gasteiger charge is 2.23. The Labute approximate surface area is 94.3 Å². The van der Waals surface area contributed by atoms with Gasteiger partial charge in [0.2, 0.25) is 0 Å². The van der Waals surface area contributed by atoms with Crippen LogP contribution in [-0.2, 0) is 9.47 Å². The van der Waals surface area contributed by atoms with E-state index in [1.165, 1.54) is 6.42 Å². The third-order valence-electron chi connectivity index (χ3n) is 2.37. The van der Waals surface area contributed by atoms with E-state index in [1.807, 2.05) is 0 Å². The Balaban J connectivity index is 3.48. The molecule has 1 atom stereocenters. The Hall–Kier alpha value is -0.120. The summed E-state index contributed by atoms with van der Waals surface area (Å²) in [6.07, 6.45) is 2.42. The third kappa shape index (κ3) is 7.77. The average molecular weight is 217 g/mol. The van der Waals surface area contributed by atoms with Crippen LogP contribution in [0.1, 0.15) is 40.5 Å². The molecule has 0 aliphatic rings. The van der Waals surface area contributed by atoms with Crippen LogP contribution in [0.25, 0.3) is 0 Å². The molecular formula is C12H27NO2. The molecule has 0 saturated heterocycles. The number of rotatable bonds is 8. The highest BCUT2D eigenvalue weighted by atomic mass is 16.5. The summed E-state index contributed by atoms with van der Waals surface area (Å²) < 4.78 is 11.1. The molecule has 15 heavy (non-hydrogen) atoms. The minimum atomic E-state index is 0.109.